The third kappa shape index (κ3) is 2.98. The summed E-state index contributed by atoms with van der Waals surface area (Å²) in [4.78, 5) is 0. The summed E-state index contributed by atoms with van der Waals surface area (Å²) >= 11 is 1.71. The first-order valence-electron chi connectivity index (χ1n) is 5.37. The maximum absolute atomic E-state index is 9.57. The Balaban J connectivity index is 1.73. The first-order chi connectivity index (χ1) is 7.77. The molecule has 1 fully saturated rings. The van der Waals surface area contributed by atoms with E-state index in [1.165, 1.54) is 5.56 Å². The molecule has 0 amide bonds. The minimum absolute atomic E-state index is 0.233. The monoisotopic (exact) mass is 240 g/mol. The number of thioether (sulfide) groups is 1. The van der Waals surface area contributed by atoms with Crippen LogP contribution in [0.3, 0.4) is 0 Å². The van der Waals surface area contributed by atoms with Crippen molar-refractivity contribution in [2.45, 2.75) is 24.1 Å². The minimum atomic E-state index is -0.733. The molecule has 3 nitrogen and oxygen atoms in total. The van der Waals surface area contributed by atoms with Gasteiger partial charge in [-0.25, -0.2) is 0 Å². The Bertz CT molecular complexity index is 317. The van der Waals surface area contributed by atoms with Crippen LogP contribution in [0.1, 0.15) is 5.56 Å². The fourth-order valence-electron chi connectivity index (χ4n) is 1.68. The molecule has 1 saturated heterocycles. The van der Waals surface area contributed by atoms with Gasteiger partial charge in [0.15, 0.2) is 0 Å². The van der Waals surface area contributed by atoms with E-state index in [0.29, 0.717) is 5.75 Å². The van der Waals surface area contributed by atoms with E-state index in [1.54, 1.807) is 11.8 Å². The average molecular weight is 240 g/mol. The fraction of sp³-hybridized carbons (Fsp3) is 0.500. The zero-order valence-electron chi connectivity index (χ0n) is 8.95. The maximum Gasteiger partial charge on any atom is 0.109 e. The van der Waals surface area contributed by atoms with E-state index in [2.05, 4.69) is 12.1 Å². The molecule has 1 aliphatic heterocycles. The van der Waals surface area contributed by atoms with E-state index < -0.39 is 12.2 Å². The van der Waals surface area contributed by atoms with E-state index in [4.69, 9.17) is 4.74 Å². The quantitative estimate of drug-likeness (QED) is 0.825. The van der Waals surface area contributed by atoms with Crippen LogP contribution in [0.2, 0.25) is 0 Å². The molecule has 0 aliphatic carbocycles. The van der Waals surface area contributed by atoms with E-state index >= 15 is 0 Å². The van der Waals surface area contributed by atoms with E-state index in [0.717, 1.165) is 5.75 Å². The SMILES string of the molecule is O[C@@H]1[C@H](O)CO[C@H]1CSCc1ccccc1. The van der Waals surface area contributed by atoms with Gasteiger partial charge < -0.3 is 14.9 Å². The molecule has 1 aromatic rings. The van der Waals surface area contributed by atoms with Crippen molar-refractivity contribution in [1.82, 2.24) is 0 Å². The summed E-state index contributed by atoms with van der Waals surface area (Å²) in [6, 6.07) is 10.2. The van der Waals surface area contributed by atoms with Crippen molar-refractivity contribution in [3.05, 3.63) is 35.9 Å². The van der Waals surface area contributed by atoms with Gasteiger partial charge in [-0.05, 0) is 5.56 Å². The lowest BCUT2D eigenvalue weighted by atomic mass is 10.2. The predicted octanol–water partition coefficient (Wildman–Crippen LogP) is 1.04. The summed E-state index contributed by atoms with van der Waals surface area (Å²) in [6.07, 6.45) is -1.69. The highest BCUT2D eigenvalue weighted by Crippen LogP contribution is 2.21. The molecule has 3 atom stereocenters. The number of rotatable bonds is 4. The first-order valence-corrected chi connectivity index (χ1v) is 6.52. The second kappa shape index (κ2) is 5.68. The molecule has 1 aliphatic rings. The van der Waals surface area contributed by atoms with Gasteiger partial charge in [-0.2, -0.15) is 11.8 Å². The van der Waals surface area contributed by atoms with Gasteiger partial charge in [0.25, 0.3) is 0 Å². The predicted molar refractivity (Wildman–Crippen MR) is 64.4 cm³/mol. The van der Waals surface area contributed by atoms with Crippen molar-refractivity contribution in [3.8, 4) is 0 Å². The molecule has 16 heavy (non-hydrogen) atoms. The topological polar surface area (TPSA) is 49.7 Å². The summed E-state index contributed by atoms with van der Waals surface area (Å²) < 4.78 is 5.29. The molecule has 0 saturated carbocycles. The number of hydrogen-bond donors (Lipinski definition) is 2. The lowest BCUT2D eigenvalue weighted by Gasteiger charge is -2.14. The Morgan fingerprint density at radius 3 is 2.62 bits per heavy atom. The van der Waals surface area contributed by atoms with Crippen LogP contribution < -0.4 is 0 Å². The van der Waals surface area contributed by atoms with Crippen LogP contribution in [0.5, 0.6) is 0 Å². The van der Waals surface area contributed by atoms with Gasteiger partial charge in [-0.1, -0.05) is 30.3 Å². The summed E-state index contributed by atoms with van der Waals surface area (Å²) in [7, 11) is 0. The van der Waals surface area contributed by atoms with Crippen LogP contribution in [0.25, 0.3) is 0 Å². The molecular formula is C12H16O3S. The highest BCUT2D eigenvalue weighted by atomic mass is 32.2. The minimum Gasteiger partial charge on any atom is -0.388 e. The number of aliphatic hydroxyl groups excluding tert-OH is 2. The Morgan fingerprint density at radius 2 is 2.00 bits per heavy atom. The van der Waals surface area contributed by atoms with Crippen LogP contribution >= 0.6 is 11.8 Å². The number of ether oxygens (including phenoxy) is 1. The standard InChI is InChI=1S/C12H16O3S/c13-10-6-15-11(12(10)14)8-16-7-9-4-2-1-3-5-9/h1-5,10-14H,6-8H2/t10-,11+,12-/m1/s1. The van der Waals surface area contributed by atoms with Crippen molar-refractivity contribution < 1.29 is 14.9 Å². The van der Waals surface area contributed by atoms with Crippen LogP contribution in [-0.2, 0) is 10.5 Å². The fourth-order valence-corrected chi connectivity index (χ4v) is 2.75. The number of hydrogen-bond acceptors (Lipinski definition) is 4. The van der Waals surface area contributed by atoms with Gasteiger partial charge in [0, 0.05) is 11.5 Å². The lowest BCUT2D eigenvalue weighted by Crippen LogP contribution is -2.31. The Hall–Kier alpha value is -0.550. The van der Waals surface area contributed by atoms with E-state index in [1.807, 2.05) is 18.2 Å². The van der Waals surface area contributed by atoms with Crippen molar-refractivity contribution in [2.24, 2.45) is 0 Å². The molecule has 0 bridgehead atoms. The lowest BCUT2D eigenvalue weighted by molar-refractivity contribution is 0.0337. The third-order valence-corrected chi connectivity index (χ3v) is 3.75. The zero-order valence-corrected chi connectivity index (χ0v) is 9.77. The van der Waals surface area contributed by atoms with Crippen molar-refractivity contribution >= 4 is 11.8 Å². The molecule has 0 spiro atoms. The molecule has 88 valence electrons. The first kappa shape index (κ1) is 11.9. The number of benzene rings is 1. The summed E-state index contributed by atoms with van der Waals surface area (Å²) in [5.74, 6) is 1.62. The molecule has 0 radical (unpaired) electrons. The Morgan fingerprint density at radius 1 is 1.25 bits per heavy atom. The van der Waals surface area contributed by atoms with Crippen LogP contribution in [0, 0.1) is 0 Å². The second-order valence-electron chi connectivity index (χ2n) is 3.93. The molecule has 1 heterocycles. The normalized spacial score (nSPS) is 29.5. The van der Waals surface area contributed by atoms with Crippen molar-refractivity contribution in [2.75, 3.05) is 12.4 Å². The molecule has 4 heteroatoms. The van der Waals surface area contributed by atoms with Gasteiger partial charge in [-0.3, -0.25) is 0 Å². The van der Waals surface area contributed by atoms with Crippen molar-refractivity contribution in [1.29, 1.82) is 0 Å². The summed E-state index contributed by atoms with van der Waals surface area (Å²) in [5, 5.41) is 18.9. The van der Waals surface area contributed by atoms with E-state index in [-0.39, 0.29) is 12.7 Å². The van der Waals surface area contributed by atoms with Crippen molar-refractivity contribution in [3.63, 3.8) is 0 Å². The van der Waals surface area contributed by atoms with Gasteiger partial charge >= 0.3 is 0 Å². The second-order valence-corrected chi connectivity index (χ2v) is 4.96. The zero-order chi connectivity index (χ0) is 11.4. The summed E-state index contributed by atoms with van der Waals surface area (Å²) in [5.41, 5.74) is 1.26. The van der Waals surface area contributed by atoms with Gasteiger partial charge in [-0.15, -0.1) is 0 Å². The highest BCUT2D eigenvalue weighted by molar-refractivity contribution is 7.98. The molecule has 0 aromatic heterocycles. The summed E-state index contributed by atoms with van der Waals surface area (Å²) in [6.45, 7) is 0.248. The Labute approximate surface area is 99.4 Å². The molecule has 0 unspecified atom stereocenters. The Kier molecular flexibility index (Phi) is 4.23. The molecule has 1 aromatic carbocycles. The van der Waals surface area contributed by atoms with Gasteiger partial charge in [0.1, 0.15) is 12.2 Å². The van der Waals surface area contributed by atoms with Gasteiger partial charge in [0.2, 0.25) is 0 Å². The molecule has 2 rings (SSSR count). The molecule has 2 N–H and O–H groups in total. The third-order valence-electron chi connectivity index (χ3n) is 2.65. The van der Waals surface area contributed by atoms with Crippen LogP contribution in [0.15, 0.2) is 30.3 Å². The van der Waals surface area contributed by atoms with Crippen LogP contribution in [0.4, 0.5) is 0 Å². The smallest absolute Gasteiger partial charge is 0.109 e. The largest absolute Gasteiger partial charge is 0.388 e. The number of aliphatic hydroxyl groups is 2. The molecular weight excluding hydrogens is 224 g/mol. The van der Waals surface area contributed by atoms with E-state index in [9.17, 15) is 10.2 Å². The highest BCUT2D eigenvalue weighted by Gasteiger charge is 2.34. The maximum atomic E-state index is 9.57. The van der Waals surface area contributed by atoms with Gasteiger partial charge in [0.05, 0.1) is 12.7 Å². The van der Waals surface area contributed by atoms with Crippen LogP contribution in [-0.4, -0.2) is 40.9 Å². The average Bonchev–Trinajstić information content (AvgIpc) is 2.62.